The minimum atomic E-state index is -1.64. The molecule has 11 nitrogen and oxygen atoms in total. The van der Waals surface area contributed by atoms with Crippen LogP contribution in [0, 0.1) is 0 Å². The van der Waals surface area contributed by atoms with Gasteiger partial charge < -0.3 is 55.1 Å². The molecule has 0 bridgehead atoms. The van der Waals surface area contributed by atoms with E-state index in [1.54, 1.807) is 0 Å². The highest BCUT2D eigenvalue weighted by atomic mass is 16.7. The van der Waals surface area contributed by atoms with Gasteiger partial charge in [0.15, 0.2) is 11.5 Å². The van der Waals surface area contributed by atoms with E-state index < -0.39 is 49.5 Å². The smallest absolute Gasteiger partial charge is 0.229 e. The van der Waals surface area contributed by atoms with Crippen molar-refractivity contribution in [3.63, 3.8) is 0 Å². The normalized spacial score (nSPS) is 32.1. The molecule has 0 aliphatic carbocycles. The molecule has 2 aromatic rings. The lowest BCUT2D eigenvalue weighted by atomic mass is 9.94. The maximum Gasteiger partial charge on any atom is 0.229 e. The van der Waals surface area contributed by atoms with Crippen molar-refractivity contribution in [1.29, 1.82) is 0 Å². The third-order valence-electron chi connectivity index (χ3n) is 5.60. The maximum atomic E-state index is 10.5. The van der Waals surface area contributed by atoms with Crippen molar-refractivity contribution >= 4 is 0 Å². The Kier molecular flexibility index (Phi) is 6.03. The number of phenols is 3. The third-order valence-corrected chi connectivity index (χ3v) is 5.60. The summed E-state index contributed by atoms with van der Waals surface area (Å²) in [5.41, 5.74) is 0.691. The van der Waals surface area contributed by atoms with Gasteiger partial charge in [-0.2, -0.15) is 0 Å². The molecule has 0 saturated carbocycles. The Labute approximate surface area is 181 Å². The largest absolute Gasteiger partial charge is 0.507 e. The molecule has 0 amide bonds. The molecule has 11 heteroatoms. The molecule has 0 aromatic heterocycles. The number of hydrogen-bond acceptors (Lipinski definition) is 11. The van der Waals surface area contributed by atoms with E-state index in [0.717, 1.165) is 0 Å². The standard InChI is InChI=1S/C21H24O11/c22-7-16-17(27)18(28)19(29)21(32-16)30-9-4-12(24)10-6-14(26)20(31-15(10)5-9)8-1-2-11(23)13(25)3-8/h1-5,14,16-29H,6-7H2/t14?,16-,17-,18+,19-,20?,21?/m1/s1. The number of aliphatic hydroxyl groups excluding tert-OH is 5. The van der Waals surface area contributed by atoms with Crippen molar-refractivity contribution in [1.82, 2.24) is 0 Å². The van der Waals surface area contributed by atoms with E-state index in [-0.39, 0.29) is 35.2 Å². The van der Waals surface area contributed by atoms with Gasteiger partial charge in [-0.3, -0.25) is 0 Å². The van der Waals surface area contributed by atoms with Gasteiger partial charge in [0.2, 0.25) is 6.29 Å². The zero-order chi connectivity index (χ0) is 23.2. The fraction of sp³-hybridized carbons (Fsp3) is 0.429. The zero-order valence-electron chi connectivity index (χ0n) is 16.6. The van der Waals surface area contributed by atoms with Crippen molar-refractivity contribution in [3.8, 4) is 28.7 Å². The van der Waals surface area contributed by atoms with Crippen molar-refractivity contribution in [2.24, 2.45) is 0 Å². The van der Waals surface area contributed by atoms with E-state index in [1.807, 2.05) is 0 Å². The van der Waals surface area contributed by atoms with E-state index in [1.165, 1.54) is 30.3 Å². The summed E-state index contributed by atoms with van der Waals surface area (Å²) < 4.78 is 16.7. The average Bonchev–Trinajstić information content (AvgIpc) is 2.76. The van der Waals surface area contributed by atoms with Crippen LogP contribution >= 0.6 is 0 Å². The van der Waals surface area contributed by atoms with E-state index in [0.29, 0.717) is 11.1 Å². The summed E-state index contributed by atoms with van der Waals surface area (Å²) in [7, 11) is 0. The predicted molar refractivity (Wildman–Crippen MR) is 105 cm³/mol. The molecule has 3 unspecified atom stereocenters. The molecule has 8 N–H and O–H groups in total. The molecule has 7 atom stereocenters. The number of fused-ring (bicyclic) bond motifs is 1. The summed E-state index contributed by atoms with van der Waals surface area (Å²) in [6.45, 7) is -0.623. The Morgan fingerprint density at radius 2 is 1.62 bits per heavy atom. The minimum absolute atomic E-state index is 0.00530. The van der Waals surface area contributed by atoms with Gasteiger partial charge in [-0.15, -0.1) is 0 Å². The maximum absolute atomic E-state index is 10.5. The number of benzene rings is 2. The molecule has 1 saturated heterocycles. The van der Waals surface area contributed by atoms with Crippen molar-refractivity contribution in [3.05, 3.63) is 41.5 Å². The van der Waals surface area contributed by atoms with Gasteiger partial charge in [0.1, 0.15) is 47.8 Å². The summed E-state index contributed by atoms with van der Waals surface area (Å²) in [5.74, 6) is -0.811. The van der Waals surface area contributed by atoms with Crippen LogP contribution in [0.15, 0.2) is 30.3 Å². The van der Waals surface area contributed by atoms with Crippen LogP contribution in [0.3, 0.4) is 0 Å². The van der Waals surface area contributed by atoms with Crippen LogP contribution in [-0.4, -0.2) is 84.3 Å². The molecule has 2 aromatic carbocycles. The third kappa shape index (κ3) is 4.01. The van der Waals surface area contributed by atoms with Gasteiger partial charge in [0.25, 0.3) is 0 Å². The summed E-state index contributed by atoms with van der Waals surface area (Å²) >= 11 is 0. The predicted octanol–water partition coefficient (Wildman–Crippen LogP) is -0.981. The van der Waals surface area contributed by atoms with E-state index in [2.05, 4.69) is 0 Å². The molecule has 0 radical (unpaired) electrons. The van der Waals surface area contributed by atoms with Crippen molar-refractivity contribution in [2.75, 3.05) is 6.61 Å². The lowest BCUT2D eigenvalue weighted by Gasteiger charge is -2.39. The van der Waals surface area contributed by atoms with Crippen LogP contribution < -0.4 is 9.47 Å². The summed E-state index contributed by atoms with van der Waals surface area (Å²) in [6.07, 6.45) is -9.39. The van der Waals surface area contributed by atoms with Crippen LogP contribution in [0.1, 0.15) is 17.2 Å². The van der Waals surface area contributed by atoms with Crippen molar-refractivity contribution in [2.45, 2.75) is 49.3 Å². The second-order valence-corrected chi connectivity index (χ2v) is 7.79. The Hall–Kier alpha value is -2.80. The Bertz CT molecular complexity index is 978. The molecule has 32 heavy (non-hydrogen) atoms. The monoisotopic (exact) mass is 452 g/mol. The highest BCUT2D eigenvalue weighted by molar-refractivity contribution is 5.52. The van der Waals surface area contributed by atoms with Gasteiger partial charge in [0.05, 0.1) is 12.7 Å². The van der Waals surface area contributed by atoms with Gasteiger partial charge >= 0.3 is 0 Å². The van der Waals surface area contributed by atoms with Gasteiger partial charge in [0, 0.05) is 24.1 Å². The fourth-order valence-corrected chi connectivity index (χ4v) is 3.82. The molecular formula is C21H24O11. The van der Waals surface area contributed by atoms with E-state index >= 15 is 0 Å². The quantitative estimate of drug-likeness (QED) is 0.266. The topological polar surface area (TPSA) is 190 Å². The first-order chi connectivity index (χ1) is 15.2. The first-order valence-electron chi connectivity index (χ1n) is 9.89. The number of rotatable bonds is 4. The molecule has 1 fully saturated rings. The summed E-state index contributed by atoms with van der Waals surface area (Å²) in [5, 5.41) is 79.4. The van der Waals surface area contributed by atoms with Crippen LogP contribution in [0.4, 0.5) is 0 Å². The molecular weight excluding hydrogens is 428 g/mol. The first-order valence-corrected chi connectivity index (χ1v) is 9.89. The van der Waals surface area contributed by atoms with Gasteiger partial charge in [-0.1, -0.05) is 6.07 Å². The first kappa shape index (κ1) is 22.4. The van der Waals surface area contributed by atoms with Crippen LogP contribution in [0.5, 0.6) is 28.7 Å². The lowest BCUT2D eigenvalue weighted by Crippen LogP contribution is -2.60. The number of aromatic hydroxyl groups is 3. The van der Waals surface area contributed by atoms with Gasteiger partial charge in [-0.25, -0.2) is 0 Å². The van der Waals surface area contributed by atoms with E-state index in [4.69, 9.17) is 14.2 Å². The number of phenolic OH excluding ortho intramolecular Hbond substituents is 3. The number of ether oxygens (including phenoxy) is 3. The van der Waals surface area contributed by atoms with E-state index in [9.17, 15) is 40.9 Å². The molecule has 2 aliphatic rings. The SMILES string of the molecule is OC[C@H]1OC(Oc2cc(O)c3c(c2)OC(c2ccc(O)c(O)c2)C(O)C3)[C@H](O)[C@@H](O)[C@@H]1O. The van der Waals surface area contributed by atoms with Gasteiger partial charge in [-0.05, 0) is 17.7 Å². The summed E-state index contributed by atoms with van der Waals surface area (Å²) in [4.78, 5) is 0. The second kappa shape index (κ2) is 8.62. The molecule has 174 valence electrons. The molecule has 2 heterocycles. The minimum Gasteiger partial charge on any atom is -0.507 e. The molecule has 4 rings (SSSR count). The Morgan fingerprint density at radius 3 is 2.31 bits per heavy atom. The second-order valence-electron chi connectivity index (χ2n) is 7.79. The highest BCUT2D eigenvalue weighted by Crippen LogP contribution is 2.43. The molecule has 0 spiro atoms. The highest BCUT2D eigenvalue weighted by Gasteiger charge is 2.45. The van der Waals surface area contributed by atoms with Crippen molar-refractivity contribution < 1.29 is 55.1 Å². The van der Waals surface area contributed by atoms with Crippen LogP contribution in [0.2, 0.25) is 0 Å². The lowest BCUT2D eigenvalue weighted by molar-refractivity contribution is -0.277. The van der Waals surface area contributed by atoms with Crippen LogP contribution in [0.25, 0.3) is 0 Å². The zero-order valence-corrected chi connectivity index (χ0v) is 16.6. The number of aliphatic hydroxyl groups is 5. The number of hydrogen-bond donors (Lipinski definition) is 8. The fourth-order valence-electron chi connectivity index (χ4n) is 3.82. The molecule has 2 aliphatic heterocycles. The Balaban J connectivity index is 1.59. The van der Waals surface area contributed by atoms with Crippen LogP contribution in [-0.2, 0) is 11.2 Å². The average molecular weight is 452 g/mol. The summed E-state index contributed by atoms with van der Waals surface area (Å²) in [6, 6.07) is 6.58. The Morgan fingerprint density at radius 1 is 0.875 bits per heavy atom.